The predicted octanol–water partition coefficient (Wildman–Crippen LogP) is 3.35. The Hall–Kier alpha value is -3.95. The lowest BCUT2D eigenvalue weighted by Crippen LogP contribution is -2.29. The summed E-state index contributed by atoms with van der Waals surface area (Å²) in [5, 5.41) is 13.7. The Kier molecular flexibility index (Phi) is 5.95. The van der Waals surface area contributed by atoms with Crippen LogP contribution < -0.4 is 14.8 Å². The van der Waals surface area contributed by atoms with Crippen LogP contribution in [0.5, 0.6) is 11.5 Å². The highest BCUT2D eigenvalue weighted by Gasteiger charge is 2.23. The van der Waals surface area contributed by atoms with E-state index in [4.69, 9.17) is 14.2 Å². The number of halogens is 1. The number of ether oxygens (including phenoxy) is 3. The molecule has 1 aliphatic heterocycles. The van der Waals surface area contributed by atoms with Gasteiger partial charge in [0.05, 0.1) is 16.6 Å². The van der Waals surface area contributed by atoms with E-state index in [0.29, 0.717) is 11.3 Å². The molecule has 1 aliphatic rings. The highest BCUT2D eigenvalue weighted by molar-refractivity contribution is 5.96. The minimum atomic E-state index is -1.18. The number of nitro groups is 1. The van der Waals surface area contributed by atoms with E-state index in [0.717, 1.165) is 12.1 Å². The molecule has 0 aliphatic carbocycles. The van der Waals surface area contributed by atoms with Gasteiger partial charge in [-0.2, -0.15) is 0 Å². The van der Waals surface area contributed by atoms with Crippen LogP contribution >= 0.6 is 0 Å². The zero-order chi connectivity index (χ0) is 21.8. The van der Waals surface area contributed by atoms with Crippen LogP contribution in [0.15, 0.2) is 36.4 Å². The lowest BCUT2D eigenvalue weighted by Gasteiger charge is -2.12. The van der Waals surface area contributed by atoms with Crippen molar-refractivity contribution in [3.8, 4) is 11.5 Å². The van der Waals surface area contributed by atoms with Crippen molar-refractivity contribution in [2.75, 3.05) is 12.1 Å². The number of benzene rings is 2. The third kappa shape index (κ3) is 4.72. The zero-order valence-electron chi connectivity index (χ0n) is 16.0. The molecule has 0 radical (unpaired) electrons. The summed E-state index contributed by atoms with van der Waals surface area (Å²) >= 11 is 0. The molecule has 2 aromatic carbocycles. The molecule has 1 heterocycles. The van der Waals surface area contributed by atoms with E-state index >= 15 is 0 Å². The number of rotatable bonds is 6. The summed E-state index contributed by atoms with van der Waals surface area (Å²) in [6.07, 6.45) is 0.959. The Morgan fingerprint density at radius 1 is 1.27 bits per heavy atom. The zero-order valence-corrected chi connectivity index (χ0v) is 16.0. The molecule has 2 aromatic rings. The van der Waals surface area contributed by atoms with Gasteiger partial charge < -0.3 is 19.5 Å². The molecule has 9 nitrogen and oxygen atoms in total. The number of esters is 1. The fourth-order valence-electron chi connectivity index (χ4n) is 2.58. The molecular formula is C20H17FN2O7. The van der Waals surface area contributed by atoms with Gasteiger partial charge >= 0.3 is 5.97 Å². The molecule has 1 amide bonds. The van der Waals surface area contributed by atoms with Crippen molar-refractivity contribution in [2.24, 2.45) is 0 Å². The second-order valence-electron chi connectivity index (χ2n) is 6.39. The second-order valence-corrected chi connectivity index (χ2v) is 6.39. The Bertz CT molecular complexity index is 1050. The summed E-state index contributed by atoms with van der Waals surface area (Å²) in [5.74, 6) is -1.48. The van der Waals surface area contributed by atoms with Crippen molar-refractivity contribution in [3.05, 3.63) is 63.5 Å². The maximum atomic E-state index is 13.6. The molecule has 0 saturated carbocycles. The summed E-state index contributed by atoms with van der Waals surface area (Å²) in [4.78, 5) is 34.8. The summed E-state index contributed by atoms with van der Waals surface area (Å²) < 4.78 is 28.8. The minimum absolute atomic E-state index is 0.0563. The largest absolute Gasteiger partial charge is 0.454 e. The maximum absolute atomic E-state index is 13.6. The van der Waals surface area contributed by atoms with Crippen molar-refractivity contribution < 1.29 is 33.1 Å². The van der Waals surface area contributed by atoms with E-state index in [1.807, 2.05) is 0 Å². The third-order valence-corrected chi connectivity index (χ3v) is 4.22. The fourth-order valence-corrected chi connectivity index (χ4v) is 2.58. The molecule has 30 heavy (non-hydrogen) atoms. The van der Waals surface area contributed by atoms with Crippen LogP contribution in [-0.4, -0.2) is 29.7 Å². The lowest BCUT2D eigenvalue weighted by molar-refractivity contribution is -0.385. The van der Waals surface area contributed by atoms with Crippen LogP contribution in [-0.2, 0) is 14.3 Å². The topological polar surface area (TPSA) is 117 Å². The van der Waals surface area contributed by atoms with Gasteiger partial charge in [-0.05, 0) is 43.7 Å². The molecule has 1 N–H and O–H groups in total. The number of anilines is 1. The number of amides is 1. The first-order valence-electron chi connectivity index (χ1n) is 8.78. The molecule has 0 spiro atoms. The molecule has 0 bridgehead atoms. The highest BCUT2D eigenvalue weighted by atomic mass is 19.1. The van der Waals surface area contributed by atoms with Gasteiger partial charge in [0.1, 0.15) is 5.82 Å². The first-order chi connectivity index (χ1) is 14.2. The van der Waals surface area contributed by atoms with Crippen LogP contribution in [0.1, 0.15) is 18.1 Å². The van der Waals surface area contributed by atoms with E-state index in [-0.39, 0.29) is 29.5 Å². The maximum Gasteiger partial charge on any atom is 0.331 e. The van der Waals surface area contributed by atoms with Crippen molar-refractivity contribution in [3.63, 3.8) is 0 Å². The van der Waals surface area contributed by atoms with Gasteiger partial charge in [0, 0.05) is 11.8 Å². The number of carbonyl (C=O) groups excluding carboxylic acids is 2. The van der Waals surface area contributed by atoms with E-state index < -0.39 is 28.7 Å². The minimum Gasteiger partial charge on any atom is -0.454 e. The van der Waals surface area contributed by atoms with E-state index in [9.17, 15) is 24.1 Å². The standard InChI is InChI=1S/C20H17FN2O7/c1-11-3-5-14(8-15(11)21)22-20(25)12(2)30-19(24)6-4-13-7-17-18(29-10-28-17)9-16(13)23(26)27/h3-9,12H,10H2,1-2H3,(H,22,25)/b6-4+/t12-/m0/s1. The molecule has 0 saturated heterocycles. The molecule has 3 rings (SSSR count). The predicted molar refractivity (Wildman–Crippen MR) is 104 cm³/mol. The molecule has 1 atom stereocenters. The number of nitrogens with one attached hydrogen (secondary N) is 1. The van der Waals surface area contributed by atoms with Gasteiger partial charge in [0.15, 0.2) is 17.6 Å². The van der Waals surface area contributed by atoms with Gasteiger partial charge in [-0.25, -0.2) is 9.18 Å². The van der Waals surface area contributed by atoms with Gasteiger partial charge in [-0.15, -0.1) is 0 Å². The Balaban J connectivity index is 1.64. The Morgan fingerprint density at radius 2 is 1.97 bits per heavy atom. The number of hydrogen-bond donors (Lipinski definition) is 1. The molecular weight excluding hydrogens is 399 g/mol. The first kappa shape index (κ1) is 20.8. The Morgan fingerprint density at radius 3 is 2.63 bits per heavy atom. The average Bonchev–Trinajstić information content (AvgIpc) is 3.15. The van der Waals surface area contributed by atoms with Crippen molar-refractivity contribution in [1.29, 1.82) is 0 Å². The van der Waals surface area contributed by atoms with Gasteiger partial charge in [0.25, 0.3) is 11.6 Å². The normalized spacial score (nSPS) is 13.2. The molecule has 0 fully saturated rings. The van der Waals surface area contributed by atoms with Crippen LogP contribution in [0.4, 0.5) is 15.8 Å². The van der Waals surface area contributed by atoms with Crippen LogP contribution in [0.25, 0.3) is 6.08 Å². The number of nitrogens with zero attached hydrogens (tertiary/aromatic N) is 1. The molecule has 0 aromatic heterocycles. The van der Waals surface area contributed by atoms with E-state index in [2.05, 4.69) is 5.32 Å². The van der Waals surface area contributed by atoms with Crippen LogP contribution in [0.2, 0.25) is 0 Å². The van der Waals surface area contributed by atoms with E-state index in [1.165, 1.54) is 37.3 Å². The number of nitro benzene ring substituents is 1. The van der Waals surface area contributed by atoms with E-state index in [1.54, 1.807) is 6.92 Å². The number of hydrogen-bond acceptors (Lipinski definition) is 7. The summed E-state index contributed by atoms with van der Waals surface area (Å²) in [7, 11) is 0. The fraction of sp³-hybridized carbons (Fsp3) is 0.200. The Labute approximate surface area is 170 Å². The van der Waals surface area contributed by atoms with Crippen LogP contribution in [0.3, 0.4) is 0 Å². The van der Waals surface area contributed by atoms with Gasteiger partial charge in [0.2, 0.25) is 6.79 Å². The summed E-state index contributed by atoms with van der Waals surface area (Å²) in [6, 6.07) is 6.74. The monoisotopic (exact) mass is 416 g/mol. The number of fused-ring (bicyclic) bond motifs is 1. The third-order valence-electron chi connectivity index (χ3n) is 4.22. The second kappa shape index (κ2) is 8.60. The smallest absolute Gasteiger partial charge is 0.331 e. The highest BCUT2D eigenvalue weighted by Crippen LogP contribution is 2.38. The van der Waals surface area contributed by atoms with Gasteiger partial charge in [-0.3, -0.25) is 14.9 Å². The number of carbonyl (C=O) groups is 2. The van der Waals surface area contributed by atoms with Gasteiger partial charge in [-0.1, -0.05) is 6.07 Å². The van der Waals surface area contributed by atoms with Crippen molar-refractivity contribution in [1.82, 2.24) is 0 Å². The lowest BCUT2D eigenvalue weighted by atomic mass is 10.1. The number of aryl methyl sites for hydroxylation is 1. The van der Waals surface area contributed by atoms with Crippen molar-refractivity contribution >= 4 is 29.3 Å². The quantitative estimate of drug-likeness (QED) is 0.332. The van der Waals surface area contributed by atoms with Crippen molar-refractivity contribution in [2.45, 2.75) is 20.0 Å². The SMILES string of the molecule is Cc1ccc(NC(=O)[C@H](C)OC(=O)/C=C/c2cc3c(cc2[N+](=O)[O-])OCO3)cc1F. The summed E-state index contributed by atoms with van der Waals surface area (Å²) in [5.41, 5.74) is 0.469. The molecule has 10 heteroatoms. The molecule has 0 unspecified atom stereocenters. The molecule has 156 valence electrons. The average molecular weight is 416 g/mol. The first-order valence-corrected chi connectivity index (χ1v) is 8.78. The van der Waals surface area contributed by atoms with Crippen LogP contribution in [0, 0.1) is 22.9 Å². The summed E-state index contributed by atoms with van der Waals surface area (Å²) in [6.45, 7) is 2.87.